The fourth-order valence-electron chi connectivity index (χ4n) is 0.929. The molecule has 0 fully saturated rings. The molecule has 1 aromatic carbocycles. The van der Waals surface area contributed by atoms with Gasteiger partial charge in [0.15, 0.2) is 0 Å². The third-order valence-corrected chi connectivity index (χ3v) is 1.69. The summed E-state index contributed by atoms with van der Waals surface area (Å²) in [6.45, 7) is 5.91. The van der Waals surface area contributed by atoms with Crippen molar-refractivity contribution < 1.29 is 13.2 Å². The predicted octanol–water partition coefficient (Wildman–Crippen LogP) is 4.54. The zero-order valence-electron chi connectivity index (χ0n) is 9.81. The van der Waals surface area contributed by atoms with Gasteiger partial charge in [-0.3, -0.25) is 0 Å². The van der Waals surface area contributed by atoms with Crippen LogP contribution >= 0.6 is 0 Å². The summed E-state index contributed by atoms with van der Waals surface area (Å²) >= 11 is 0. The lowest BCUT2D eigenvalue weighted by Crippen LogP contribution is -2.04. The van der Waals surface area contributed by atoms with E-state index < -0.39 is 11.7 Å². The Kier molecular flexibility index (Phi) is 9.39. The molecule has 0 radical (unpaired) electrons. The van der Waals surface area contributed by atoms with Crippen LogP contribution in [0.2, 0.25) is 0 Å². The highest BCUT2D eigenvalue weighted by Gasteiger charge is 2.29. The van der Waals surface area contributed by atoms with Gasteiger partial charge in [0.25, 0.3) is 0 Å². The molecular weight excluding hydrogens is 213 g/mol. The van der Waals surface area contributed by atoms with Crippen molar-refractivity contribution in [3.05, 3.63) is 35.4 Å². The second-order valence-electron chi connectivity index (χ2n) is 2.55. The van der Waals surface area contributed by atoms with Crippen LogP contribution in [-0.2, 0) is 12.6 Å². The standard InChI is InChI=1S/C9H9F3.C2H6.C2H2/c1-2-7-3-5-8(6-4-7)9(10,11)12;2*1-2/h3-6H,2H2,1H3;1-2H3;1-2H. The van der Waals surface area contributed by atoms with E-state index in [-0.39, 0.29) is 0 Å². The summed E-state index contributed by atoms with van der Waals surface area (Å²) in [5.41, 5.74) is 0.336. The number of halogens is 3. The molecule has 0 amide bonds. The maximum Gasteiger partial charge on any atom is 0.416 e. The Balaban J connectivity index is 0. The summed E-state index contributed by atoms with van der Waals surface area (Å²) in [4.78, 5) is 0. The third-order valence-electron chi connectivity index (χ3n) is 1.69. The molecule has 0 heterocycles. The van der Waals surface area contributed by atoms with Crippen molar-refractivity contribution >= 4 is 0 Å². The molecule has 1 rings (SSSR count). The van der Waals surface area contributed by atoms with E-state index in [2.05, 4.69) is 12.8 Å². The van der Waals surface area contributed by atoms with Gasteiger partial charge in [-0.25, -0.2) is 0 Å². The first-order valence-electron chi connectivity index (χ1n) is 5.03. The van der Waals surface area contributed by atoms with Crippen molar-refractivity contribution in [2.75, 3.05) is 0 Å². The van der Waals surface area contributed by atoms with E-state index in [1.807, 2.05) is 20.8 Å². The van der Waals surface area contributed by atoms with E-state index in [1.165, 1.54) is 12.1 Å². The Labute approximate surface area is 95.5 Å². The molecule has 0 nitrogen and oxygen atoms in total. The number of benzene rings is 1. The largest absolute Gasteiger partial charge is 0.416 e. The van der Waals surface area contributed by atoms with E-state index in [4.69, 9.17) is 0 Å². The minimum atomic E-state index is -4.22. The fourth-order valence-corrected chi connectivity index (χ4v) is 0.929. The van der Waals surface area contributed by atoms with Gasteiger partial charge in [-0.2, -0.15) is 13.2 Å². The Morgan fingerprint density at radius 1 is 1.00 bits per heavy atom. The lowest BCUT2D eigenvalue weighted by Gasteiger charge is -2.06. The second-order valence-corrected chi connectivity index (χ2v) is 2.55. The first kappa shape index (κ1) is 17.0. The van der Waals surface area contributed by atoms with Crippen LogP contribution in [-0.4, -0.2) is 0 Å². The molecule has 90 valence electrons. The predicted molar refractivity (Wildman–Crippen MR) is 62.1 cm³/mol. The summed E-state index contributed by atoms with van der Waals surface area (Å²) in [6, 6.07) is 5.23. The zero-order chi connectivity index (χ0) is 13.2. The molecule has 0 aliphatic heterocycles. The molecule has 0 atom stereocenters. The number of alkyl halides is 3. The molecular formula is C13H17F3. The van der Waals surface area contributed by atoms with Gasteiger partial charge in [-0.15, -0.1) is 12.8 Å². The van der Waals surface area contributed by atoms with E-state index >= 15 is 0 Å². The minimum Gasteiger partial charge on any atom is -0.166 e. The third kappa shape index (κ3) is 6.13. The highest BCUT2D eigenvalue weighted by atomic mass is 19.4. The number of hydrogen-bond donors (Lipinski definition) is 0. The van der Waals surface area contributed by atoms with E-state index in [0.717, 1.165) is 24.1 Å². The van der Waals surface area contributed by atoms with Crippen LogP contribution in [0.5, 0.6) is 0 Å². The normalized spacial score (nSPS) is 9.25. The summed E-state index contributed by atoms with van der Waals surface area (Å²) in [5, 5.41) is 0. The number of hydrogen-bond acceptors (Lipinski definition) is 0. The zero-order valence-corrected chi connectivity index (χ0v) is 9.81. The maximum absolute atomic E-state index is 12.0. The van der Waals surface area contributed by atoms with Gasteiger partial charge in [0, 0.05) is 0 Å². The van der Waals surface area contributed by atoms with Crippen molar-refractivity contribution in [2.24, 2.45) is 0 Å². The highest BCUT2D eigenvalue weighted by molar-refractivity contribution is 5.24. The van der Waals surface area contributed by atoms with Crippen LogP contribution in [0.4, 0.5) is 13.2 Å². The van der Waals surface area contributed by atoms with Crippen molar-refractivity contribution in [1.29, 1.82) is 0 Å². The van der Waals surface area contributed by atoms with Crippen molar-refractivity contribution in [3.8, 4) is 12.8 Å². The number of aryl methyl sites for hydroxylation is 1. The average Bonchev–Trinajstić information content (AvgIpc) is 2.33. The molecule has 0 bridgehead atoms. The highest BCUT2D eigenvalue weighted by Crippen LogP contribution is 2.28. The van der Waals surface area contributed by atoms with Crippen molar-refractivity contribution in [1.82, 2.24) is 0 Å². The fraction of sp³-hybridized carbons (Fsp3) is 0.385. The van der Waals surface area contributed by atoms with Gasteiger partial charge in [0.2, 0.25) is 0 Å². The molecule has 16 heavy (non-hydrogen) atoms. The van der Waals surface area contributed by atoms with Gasteiger partial charge in [0.05, 0.1) is 5.56 Å². The second kappa shape index (κ2) is 8.84. The number of rotatable bonds is 1. The Bertz CT molecular complexity index is 280. The van der Waals surface area contributed by atoms with Crippen LogP contribution in [0, 0.1) is 12.8 Å². The summed E-state index contributed by atoms with van der Waals surface area (Å²) in [7, 11) is 0. The van der Waals surface area contributed by atoms with Crippen LogP contribution < -0.4 is 0 Å². The molecule has 1 aromatic rings. The first-order chi connectivity index (χ1) is 7.54. The van der Waals surface area contributed by atoms with Crippen LogP contribution in [0.25, 0.3) is 0 Å². The van der Waals surface area contributed by atoms with Crippen LogP contribution in [0.1, 0.15) is 31.9 Å². The molecule has 0 unspecified atom stereocenters. The van der Waals surface area contributed by atoms with Gasteiger partial charge in [0.1, 0.15) is 0 Å². The molecule has 0 spiro atoms. The minimum absolute atomic E-state index is 0.584. The summed E-state index contributed by atoms with van der Waals surface area (Å²) < 4.78 is 36.1. The van der Waals surface area contributed by atoms with Crippen molar-refractivity contribution in [3.63, 3.8) is 0 Å². The first-order valence-corrected chi connectivity index (χ1v) is 5.03. The lowest BCUT2D eigenvalue weighted by atomic mass is 10.1. The topological polar surface area (TPSA) is 0 Å². The van der Waals surface area contributed by atoms with Crippen molar-refractivity contribution in [2.45, 2.75) is 33.4 Å². The molecule has 0 aromatic heterocycles. The number of terminal acetylenes is 1. The summed E-state index contributed by atoms with van der Waals surface area (Å²) in [6.07, 6.45) is 4.55. The van der Waals surface area contributed by atoms with Crippen LogP contribution in [0.15, 0.2) is 24.3 Å². The Morgan fingerprint density at radius 2 is 1.38 bits per heavy atom. The quantitative estimate of drug-likeness (QED) is 0.621. The van der Waals surface area contributed by atoms with E-state index in [9.17, 15) is 13.2 Å². The van der Waals surface area contributed by atoms with E-state index in [0.29, 0.717) is 0 Å². The van der Waals surface area contributed by atoms with Gasteiger partial charge in [-0.1, -0.05) is 32.9 Å². The van der Waals surface area contributed by atoms with Gasteiger partial charge >= 0.3 is 6.18 Å². The molecule has 0 saturated heterocycles. The average molecular weight is 230 g/mol. The smallest absolute Gasteiger partial charge is 0.166 e. The van der Waals surface area contributed by atoms with E-state index in [1.54, 1.807) is 0 Å². The lowest BCUT2D eigenvalue weighted by molar-refractivity contribution is -0.137. The maximum atomic E-state index is 12.0. The Hall–Kier alpha value is -1.43. The molecule has 3 heteroatoms. The molecule has 0 aliphatic rings. The molecule has 0 saturated carbocycles. The van der Waals surface area contributed by atoms with Gasteiger partial charge < -0.3 is 0 Å². The molecule has 0 N–H and O–H groups in total. The monoisotopic (exact) mass is 230 g/mol. The SMILES string of the molecule is C#C.CC.CCc1ccc(C(F)(F)F)cc1. The van der Waals surface area contributed by atoms with Crippen LogP contribution in [0.3, 0.4) is 0 Å². The summed E-state index contributed by atoms with van der Waals surface area (Å²) in [5.74, 6) is 0. The van der Waals surface area contributed by atoms with Gasteiger partial charge in [-0.05, 0) is 24.1 Å². The Morgan fingerprint density at radius 3 is 1.62 bits per heavy atom. The molecule has 0 aliphatic carbocycles.